The van der Waals surface area contributed by atoms with Gasteiger partial charge in [-0.25, -0.2) is 0 Å². The molecule has 1 rings (SSSR count). The van der Waals surface area contributed by atoms with Crippen LogP contribution in [0.5, 0.6) is 0 Å². The van der Waals surface area contributed by atoms with Gasteiger partial charge in [0.2, 0.25) is 0 Å². The molecule has 0 aliphatic carbocycles. The Morgan fingerprint density at radius 2 is 2.12 bits per heavy atom. The van der Waals surface area contributed by atoms with Crippen molar-refractivity contribution in [1.29, 1.82) is 0 Å². The number of furan rings is 1. The lowest BCUT2D eigenvalue weighted by Crippen LogP contribution is -2.26. The summed E-state index contributed by atoms with van der Waals surface area (Å²) < 4.78 is 10.00. The average molecular weight is 239 g/mol. The highest BCUT2D eigenvalue weighted by Gasteiger charge is 2.13. The average Bonchev–Trinajstić information content (AvgIpc) is 2.58. The number of ether oxygens (including phenoxy) is 1. The lowest BCUT2D eigenvalue weighted by atomic mass is 10.2. The van der Waals surface area contributed by atoms with E-state index in [0.717, 1.165) is 0 Å². The molecule has 5 heteroatoms. The van der Waals surface area contributed by atoms with Crippen LogP contribution in [0.3, 0.4) is 0 Å². The second-order valence-corrected chi connectivity index (χ2v) is 3.64. The molecule has 0 aromatic carbocycles. The molecule has 0 bridgehead atoms. The van der Waals surface area contributed by atoms with E-state index in [1.54, 1.807) is 26.8 Å². The Kier molecular flexibility index (Phi) is 4.75. The summed E-state index contributed by atoms with van der Waals surface area (Å²) in [6.07, 6.45) is 0.176. The van der Waals surface area contributed by atoms with Crippen LogP contribution in [0.2, 0.25) is 0 Å². The Morgan fingerprint density at radius 1 is 1.41 bits per heavy atom. The molecule has 1 N–H and O–H groups in total. The summed E-state index contributed by atoms with van der Waals surface area (Å²) in [6.45, 7) is 5.87. The molecule has 0 spiro atoms. The number of esters is 1. The minimum absolute atomic E-state index is 0.176. The van der Waals surface area contributed by atoms with Crippen molar-refractivity contribution >= 4 is 11.9 Å². The number of nitrogens with one attached hydrogen (secondary N) is 1. The first-order valence-corrected chi connectivity index (χ1v) is 5.55. The number of carbonyl (C=O) groups is 2. The molecule has 94 valence electrons. The van der Waals surface area contributed by atoms with Gasteiger partial charge < -0.3 is 14.5 Å². The highest BCUT2D eigenvalue weighted by molar-refractivity contribution is 5.95. The van der Waals surface area contributed by atoms with Gasteiger partial charge in [-0.3, -0.25) is 9.59 Å². The largest absolute Gasteiger partial charge is 0.466 e. The van der Waals surface area contributed by atoms with Crippen LogP contribution in [0.15, 0.2) is 10.5 Å². The number of hydrogen-bond acceptors (Lipinski definition) is 4. The van der Waals surface area contributed by atoms with Crippen LogP contribution in [-0.2, 0) is 9.53 Å². The van der Waals surface area contributed by atoms with E-state index in [9.17, 15) is 9.59 Å². The van der Waals surface area contributed by atoms with Gasteiger partial charge >= 0.3 is 5.97 Å². The summed E-state index contributed by atoms with van der Waals surface area (Å²) in [7, 11) is 0. The third kappa shape index (κ3) is 3.94. The Bertz CT molecular complexity index is 409. The smallest absolute Gasteiger partial charge is 0.307 e. The molecule has 0 saturated carbocycles. The maximum Gasteiger partial charge on any atom is 0.307 e. The molecule has 0 unspecified atom stereocenters. The van der Waals surface area contributed by atoms with E-state index in [4.69, 9.17) is 9.15 Å². The zero-order valence-electron chi connectivity index (χ0n) is 10.3. The van der Waals surface area contributed by atoms with Crippen LogP contribution in [0.4, 0.5) is 0 Å². The SMILES string of the molecule is CCOC(=O)CCNC(=O)c1cc(C)oc1C. The quantitative estimate of drug-likeness (QED) is 0.792. The highest BCUT2D eigenvalue weighted by Crippen LogP contribution is 2.13. The van der Waals surface area contributed by atoms with Crippen molar-refractivity contribution in [3.8, 4) is 0 Å². The molecule has 1 aromatic rings. The molecule has 0 atom stereocenters. The van der Waals surface area contributed by atoms with Gasteiger partial charge in [0.15, 0.2) is 0 Å². The minimum Gasteiger partial charge on any atom is -0.466 e. The zero-order valence-corrected chi connectivity index (χ0v) is 10.3. The zero-order chi connectivity index (χ0) is 12.8. The standard InChI is InChI=1S/C12H17NO4/c1-4-16-11(14)5-6-13-12(15)10-7-8(2)17-9(10)3/h7H,4-6H2,1-3H3,(H,13,15). The third-order valence-corrected chi connectivity index (χ3v) is 2.21. The second kappa shape index (κ2) is 6.08. The Balaban J connectivity index is 2.40. The van der Waals surface area contributed by atoms with E-state index in [-0.39, 0.29) is 24.8 Å². The van der Waals surface area contributed by atoms with Crippen molar-refractivity contribution in [1.82, 2.24) is 5.32 Å². The van der Waals surface area contributed by atoms with E-state index in [1.165, 1.54) is 0 Å². The Hall–Kier alpha value is -1.78. The molecular weight excluding hydrogens is 222 g/mol. The molecule has 17 heavy (non-hydrogen) atoms. The summed E-state index contributed by atoms with van der Waals surface area (Å²) in [5.41, 5.74) is 0.506. The topological polar surface area (TPSA) is 68.5 Å². The predicted octanol–water partition coefficient (Wildman–Crippen LogP) is 1.58. The van der Waals surface area contributed by atoms with E-state index in [1.807, 2.05) is 0 Å². The van der Waals surface area contributed by atoms with Crippen LogP contribution < -0.4 is 5.32 Å². The summed E-state index contributed by atoms with van der Waals surface area (Å²) in [5, 5.41) is 2.64. The summed E-state index contributed by atoms with van der Waals surface area (Å²) in [4.78, 5) is 22.7. The Morgan fingerprint density at radius 3 is 2.65 bits per heavy atom. The van der Waals surface area contributed by atoms with E-state index in [0.29, 0.717) is 23.7 Å². The van der Waals surface area contributed by atoms with E-state index < -0.39 is 0 Å². The lowest BCUT2D eigenvalue weighted by Gasteiger charge is -2.04. The van der Waals surface area contributed by atoms with E-state index in [2.05, 4.69) is 5.32 Å². The fourth-order valence-electron chi connectivity index (χ4n) is 1.46. The van der Waals surface area contributed by atoms with Crippen LogP contribution in [0.25, 0.3) is 0 Å². The summed E-state index contributed by atoms with van der Waals surface area (Å²) >= 11 is 0. The second-order valence-electron chi connectivity index (χ2n) is 3.64. The van der Waals surface area contributed by atoms with Gasteiger partial charge in [-0.05, 0) is 26.8 Å². The molecule has 1 aromatic heterocycles. The predicted molar refractivity (Wildman–Crippen MR) is 61.8 cm³/mol. The van der Waals surface area contributed by atoms with Crippen molar-refractivity contribution in [2.75, 3.05) is 13.2 Å². The van der Waals surface area contributed by atoms with Crippen LogP contribution >= 0.6 is 0 Å². The first-order chi connectivity index (χ1) is 8.04. The first kappa shape index (κ1) is 13.3. The van der Waals surface area contributed by atoms with Gasteiger partial charge in [-0.15, -0.1) is 0 Å². The van der Waals surface area contributed by atoms with Crippen molar-refractivity contribution in [2.45, 2.75) is 27.2 Å². The molecule has 5 nitrogen and oxygen atoms in total. The van der Waals surface area contributed by atoms with Crippen LogP contribution in [0, 0.1) is 13.8 Å². The number of rotatable bonds is 5. The lowest BCUT2D eigenvalue weighted by molar-refractivity contribution is -0.142. The van der Waals surface area contributed by atoms with Crippen molar-refractivity contribution in [3.63, 3.8) is 0 Å². The molecule has 0 radical (unpaired) electrons. The van der Waals surface area contributed by atoms with Gasteiger partial charge in [-0.2, -0.15) is 0 Å². The highest BCUT2D eigenvalue weighted by atomic mass is 16.5. The van der Waals surface area contributed by atoms with Gasteiger partial charge in [0.25, 0.3) is 5.91 Å². The van der Waals surface area contributed by atoms with Crippen LogP contribution in [-0.4, -0.2) is 25.0 Å². The molecule has 1 heterocycles. The molecule has 0 aliphatic rings. The Labute approximate surface area is 100 Å². The van der Waals surface area contributed by atoms with Crippen LogP contribution in [0.1, 0.15) is 35.2 Å². The number of hydrogen-bond donors (Lipinski definition) is 1. The third-order valence-electron chi connectivity index (χ3n) is 2.21. The van der Waals surface area contributed by atoms with Gasteiger partial charge in [-0.1, -0.05) is 0 Å². The summed E-state index contributed by atoms with van der Waals surface area (Å²) in [6, 6.07) is 1.68. The molecular formula is C12H17NO4. The normalized spacial score (nSPS) is 10.1. The number of carbonyl (C=O) groups excluding carboxylic acids is 2. The minimum atomic E-state index is -0.312. The van der Waals surface area contributed by atoms with Crippen molar-refractivity contribution in [3.05, 3.63) is 23.2 Å². The fourth-order valence-corrected chi connectivity index (χ4v) is 1.46. The van der Waals surface area contributed by atoms with Gasteiger partial charge in [0, 0.05) is 6.54 Å². The molecule has 0 saturated heterocycles. The fraction of sp³-hybridized carbons (Fsp3) is 0.500. The van der Waals surface area contributed by atoms with Gasteiger partial charge in [0.05, 0.1) is 18.6 Å². The summed E-state index contributed by atoms with van der Waals surface area (Å²) in [5.74, 6) is 0.728. The number of aryl methyl sites for hydroxylation is 2. The molecule has 0 fully saturated rings. The van der Waals surface area contributed by atoms with Crippen molar-refractivity contribution in [2.24, 2.45) is 0 Å². The van der Waals surface area contributed by atoms with E-state index >= 15 is 0 Å². The van der Waals surface area contributed by atoms with Gasteiger partial charge in [0.1, 0.15) is 11.5 Å². The molecule has 1 amide bonds. The first-order valence-electron chi connectivity index (χ1n) is 5.55. The maximum atomic E-state index is 11.7. The van der Waals surface area contributed by atoms with Crippen molar-refractivity contribution < 1.29 is 18.7 Å². The monoisotopic (exact) mass is 239 g/mol. The molecule has 0 aliphatic heterocycles. The maximum absolute atomic E-state index is 11.7. The number of amides is 1.